The van der Waals surface area contributed by atoms with E-state index in [0.717, 1.165) is 19.5 Å². The summed E-state index contributed by atoms with van der Waals surface area (Å²) in [6.45, 7) is 4.17. The van der Waals surface area contributed by atoms with Gasteiger partial charge in [0.15, 0.2) is 0 Å². The molecule has 0 amide bonds. The van der Waals surface area contributed by atoms with Gasteiger partial charge in [-0.25, -0.2) is 0 Å². The highest BCUT2D eigenvalue weighted by Crippen LogP contribution is 2.36. The molecule has 0 N–H and O–H groups in total. The summed E-state index contributed by atoms with van der Waals surface area (Å²) in [5.41, 5.74) is 1.40. The van der Waals surface area contributed by atoms with Crippen LogP contribution >= 0.6 is 15.9 Å². The van der Waals surface area contributed by atoms with Crippen LogP contribution in [0.1, 0.15) is 32.6 Å². The van der Waals surface area contributed by atoms with Crippen molar-refractivity contribution in [2.75, 3.05) is 19.7 Å². The van der Waals surface area contributed by atoms with E-state index in [0.29, 0.717) is 18.9 Å². The van der Waals surface area contributed by atoms with E-state index in [1.54, 1.807) is 0 Å². The van der Waals surface area contributed by atoms with E-state index in [-0.39, 0.29) is 5.97 Å². The smallest absolute Gasteiger partial charge is 0.307 e. The van der Waals surface area contributed by atoms with Crippen molar-refractivity contribution in [3.05, 3.63) is 22.3 Å². The molecule has 1 aliphatic heterocycles. The standard InChI is InChI=1S/C14H20BrNO2/c1-2-18-14(17)7-9-16-8-3-4-11-10-12(15)5-6-13(11)16/h5-6,11H,2-4,7-10H2,1H3. The normalized spacial score (nSPS) is 23.0. The second-order valence-corrected chi connectivity index (χ2v) is 5.81. The third-order valence-electron chi connectivity index (χ3n) is 3.53. The molecule has 3 nitrogen and oxygen atoms in total. The topological polar surface area (TPSA) is 29.5 Å². The molecule has 0 aromatic heterocycles. The molecule has 0 bridgehead atoms. The molecule has 2 rings (SSSR count). The maximum atomic E-state index is 11.4. The van der Waals surface area contributed by atoms with Crippen molar-refractivity contribution >= 4 is 21.9 Å². The highest BCUT2D eigenvalue weighted by atomic mass is 79.9. The maximum absolute atomic E-state index is 11.4. The lowest BCUT2D eigenvalue weighted by atomic mass is 9.88. The number of hydrogen-bond donors (Lipinski definition) is 0. The van der Waals surface area contributed by atoms with Gasteiger partial charge in [0.25, 0.3) is 0 Å². The lowest BCUT2D eigenvalue weighted by Crippen LogP contribution is -2.35. The molecule has 4 heteroatoms. The van der Waals surface area contributed by atoms with Crippen molar-refractivity contribution < 1.29 is 9.53 Å². The van der Waals surface area contributed by atoms with Crippen LogP contribution in [-0.4, -0.2) is 30.6 Å². The summed E-state index contributed by atoms with van der Waals surface area (Å²) in [6.07, 6.45) is 8.39. The lowest BCUT2D eigenvalue weighted by molar-refractivity contribution is -0.143. The van der Waals surface area contributed by atoms with Crippen molar-refractivity contribution in [3.8, 4) is 0 Å². The molecule has 100 valence electrons. The molecule has 18 heavy (non-hydrogen) atoms. The first-order valence-electron chi connectivity index (χ1n) is 6.67. The number of piperidine rings is 1. The van der Waals surface area contributed by atoms with Crippen LogP contribution < -0.4 is 0 Å². The van der Waals surface area contributed by atoms with Crippen LogP contribution in [0.25, 0.3) is 0 Å². The molecule has 1 saturated heterocycles. The summed E-state index contributed by atoms with van der Waals surface area (Å²) in [6, 6.07) is 0. The van der Waals surface area contributed by atoms with Gasteiger partial charge in [-0.1, -0.05) is 22.0 Å². The summed E-state index contributed by atoms with van der Waals surface area (Å²) < 4.78 is 6.26. The molecule has 0 spiro atoms. The van der Waals surface area contributed by atoms with E-state index >= 15 is 0 Å². The number of carbonyl (C=O) groups is 1. The fraction of sp³-hybridized carbons (Fsp3) is 0.643. The Morgan fingerprint density at radius 3 is 3.17 bits per heavy atom. The Hall–Kier alpha value is -0.770. The number of likely N-dealkylation sites (tertiary alicyclic amines) is 1. The second-order valence-electron chi connectivity index (χ2n) is 4.79. The average Bonchev–Trinajstić information content (AvgIpc) is 2.36. The molecule has 0 aromatic carbocycles. The van der Waals surface area contributed by atoms with Gasteiger partial charge in [0, 0.05) is 24.7 Å². The lowest BCUT2D eigenvalue weighted by Gasteiger charge is -2.38. The van der Waals surface area contributed by atoms with Crippen molar-refractivity contribution in [2.45, 2.75) is 32.6 Å². The maximum Gasteiger partial charge on any atom is 0.307 e. The highest BCUT2D eigenvalue weighted by Gasteiger charge is 2.27. The van der Waals surface area contributed by atoms with Gasteiger partial charge < -0.3 is 9.64 Å². The van der Waals surface area contributed by atoms with Crippen molar-refractivity contribution in [1.29, 1.82) is 0 Å². The van der Waals surface area contributed by atoms with Crippen LogP contribution in [0.2, 0.25) is 0 Å². The Morgan fingerprint density at radius 2 is 2.39 bits per heavy atom. The number of hydrogen-bond acceptors (Lipinski definition) is 3. The van der Waals surface area contributed by atoms with Crippen LogP contribution in [0.4, 0.5) is 0 Å². The molecule has 1 aliphatic carbocycles. The molecular formula is C14H20BrNO2. The molecule has 0 aromatic rings. The van der Waals surface area contributed by atoms with E-state index in [1.807, 2.05) is 6.92 Å². The number of esters is 1. The Bertz CT molecular complexity index is 376. The van der Waals surface area contributed by atoms with E-state index in [4.69, 9.17) is 4.74 Å². The van der Waals surface area contributed by atoms with Crippen molar-refractivity contribution in [1.82, 2.24) is 4.90 Å². The van der Waals surface area contributed by atoms with Gasteiger partial charge >= 0.3 is 5.97 Å². The van der Waals surface area contributed by atoms with Crippen LogP contribution in [0, 0.1) is 5.92 Å². The second kappa shape index (κ2) is 6.41. The van der Waals surface area contributed by atoms with Gasteiger partial charge in [0.05, 0.1) is 13.0 Å². The van der Waals surface area contributed by atoms with Crippen LogP contribution in [0.15, 0.2) is 22.3 Å². The van der Waals surface area contributed by atoms with Crippen LogP contribution in [-0.2, 0) is 9.53 Å². The number of rotatable bonds is 4. The van der Waals surface area contributed by atoms with Crippen molar-refractivity contribution in [2.24, 2.45) is 5.92 Å². The van der Waals surface area contributed by atoms with E-state index in [9.17, 15) is 4.79 Å². The summed E-state index contributed by atoms with van der Waals surface area (Å²) in [4.78, 5) is 13.8. The van der Waals surface area contributed by atoms with Gasteiger partial charge in [-0.2, -0.15) is 0 Å². The predicted molar refractivity (Wildman–Crippen MR) is 75.3 cm³/mol. The summed E-state index contributed by atoms with van der Waals surface area (Å²) in [5, 5.41) is 0. The van der Waals surface area contributed by atoms with Gasteiger partial charge in [-0.3, -0.25) is 4.79 Å². The highest BCUT2D eigenvalue weighted by molar-refractivity contribution is 9.11. The minimum absolute atomic E-state index is 0.0900. The van der Waals surface area contributed by atoms with E-state index < -0.39 is 0 Å². The first-order chi connectivity index (χ1) is 8.70. The number of fused-ring (bicyclic) bond motifs is 1. The fourth-order valence-electron chi connectivity index (χ4n) is 2.69. The zero-order valence-electron chi connectivity index (χ0n) is 10.8. The zero-order chi connectivity index (χ0) is 13.0. The first-order valence-corrected chi connectivity index (χ1v) is 7.47. The molecule has 2 aliphatic rings. The predicted octanol–water partition coefficient (Wildman–Crippen LogP) is 3.22. The van der Waals surface area contributed by atoms with Crippen molar-refractivity contribution in [3.63, 3.8) is 0 Å². The molecule has 1 unspecified atom stereocenters. The minimum Gasteiger partial charge on any atom is -0.466 e. The Kier molecular flexibility index (Phi) is 4.87. The number of ether oxygens (including phenoxy) is 1. The van der Waals surface area contributed by atoms with Gasteiger partial charge in [-0.05, 0) is 36.7 Å². The number of halogens is 1. The monoisotopic (exact) mass is 313 g/mol. The Balaban J connectivity index is 1.93. The zero-order valence-corrected chi connectivity index (χ0v) is 12.4. The molecule has 1 fully saturated rings. The minimum atomic E-state index is -0.0900. The van der Waals surface area contributed by atoms with Gasteiger partial charge in [-0.15, -0.1) is 0 Å². The molecule has 1 atom stereocenters. The summed E-state index contributed by atoms with van der Waals surface area (Å²) in [7, 11) is 0. The summed E-state index contributed by atoms with van der Waals surface area (Å²) in [5.74, 6) is 0.535. The molecule has 0 radical (unpaired) electrons. The van der Waals surface area contributed by atoms with E-state index in [2.05, 4.69) is 33.0 Å². The summed E-state index contributed by atoms with van der Waals surface area (Å²) >= 11 is 3.58. The first kappa shape index (κ1) is 13.7. The largest absolute Gasteiger partial charge is 0.466 e. The molecular weight excluding hydrogens is 294 g/mol. The third-order valence-corrected chi connectivity index (χ3v) is 4.12. The van der Waals surface area contributed by atoms with Gasteiger partial charge in [0.2, 0.25) is 0 Å². The molecule has 1 heterocycles. The number of carbonyl (C=O) groups excluding carboxylic acids is 1. The third kappa shape index (κ3) is 3.37. The van der Waals surface area contributed by atoms with E-state index in [1.165, 1.54) is 23.0 Å². The number of allylic oxidation sites excluding steroid dienone is 4. The fourth-order valence-corrected chi connectivity index (χ4v) is 3.21. The van der Waals surface area contributed by atoms with Crippen LogP contribution in [0.5, 0.6) is 0 Å². The van der Waals surface area contributed by atoms with Gasteiger partial charge in [0.1, 0.15) is 0 Å². The average molecular weight is 314 g/mol. The SMILES string of the molecule is CCOC(=O)CCN1CCCC2CC(Br)=CC=C21. The van der Waals surface area contributed by atoms with Crippen LogP contribution in [0.3, 0.4) is 0 Å². The molecule has 0 saturated carbocycles. The number of nitrogens with zero attached hydrogens (tertiary/aromatic N) is 1. The Morgan fingerprint density at radius 1 is 1.56 bits per heavy atom. The Labute approximate surface area is 117 Å². The quantitative estimate of drug-likeness (QED) is 0.746.